The monoisotopic (exact) mass is 235 g/mol. The summed E-state index contributed by atoms with van der Waals surface area (Å²) in [6.07, 6.45) is 3.11. The summed E-state index contributed by atoms with van der Waals surface area (Å²) in [5.41, 5.74) is 1.19. The zero-order valence-corrected chi connectivity index (χ0v) is 10.6. The summed E-state index contributed by atoms with van der Waals surface area (Å²) in [6, 6.07) is 4.65. The van der Waals surface area contributed by atoms with E-state index in [1.807, 2.05) is 19.2 Å². The van der Waals surface area contributed by atoms with Crippen LogP contribution in [0.3, 0.4) is 0 Å². The normalized spacial score (nSPS) is 19.6. The van der Waals surface area contributed by atoms with Crippen molar-refractivity contribution in [3.05, 3.63) is 18.3 Å². The van der Waals surface area contributed by atoms with Gasteiger partial charge in [-0.2, -0.15) is 0 Å². The van der Waals surface area contributed by atoms with Crippen molar-refractivity contribution in [2.75, 3.05) is 31.1 Å². The highest BCUT2D eigenvalue weighted by Gasteiger charge is 2.21. The largest absolute Gasteiger partial charge is 0.478 e. The van der Waals surface area contributed by atoms with Crippen molar-refractivity contribution >= 4 is 5.69 Å². The van der Waals surface area contributed by atoms with Crippen LogP contribution in [-0.2, 0) is 0 Å². The van der Waals surface area contributed by atoms with Crippen molar-refractivity contribution in [1.82, 2.24) is 10.3 Å². The van der Waals surface area contributed by atoms with Gasteiger partial charge in [-0.05, 0) is 26.0 Å². The SMILES string of the molecule is CCNC1CCN(c2ccc(OCC)nc2)C1. The zero-order chi connectivity index (χ0) is 12.1. The first-order chi connectivity index (χ1) is 8.33. The summed E-state index contributed by atoms with van der Waals surface area (Å²) >= 11 is 0. The molecule has 17 heavy (non-hydrogen) atoms. The number of nitrogens with zero attached hydrogens (tertiary/aromatic N) is 2. The molecule has 0 saturated carbocycles. The summed E-state index contributed by atoms with van der Waals surface area (Å²) in [7, 11) is 0. The quantitative estimate of drug-likeness (QED) is 0.842. The van der Waals surface area contributed by atoms with Gasteiger partial charge in [0.05, 0.1) is 18.5 Å². The van der Waals surface area contributed by atoms with E-state index in [9.17, 15) is 0 Å². The molecule has 0 spiro atoms. The smallest absolute Gasteiger partial charge is 0.213 e. The Bertz CT molecular complexity index is 339. The van der Waals surface area contributed by atoms with Gasteiger partial charge in [-0.15, -0.1) is 0 Å². The van der Waals surface area contributed by atoms with Gasteiger partial charge in [0, 0.05) is 25.2 Å². The van der Waals surface area contributed by atoms with Crippen molar-refractivity contribution in [3.8, 4) is 5.88 Å². The molecule has 0 radical (unpaired) electrons. The molecule has 1 aliphatic heterocycles. The fraction of sp³-hybridized carbons (Fsp3) is 0.615. The summed E-state index contributed by atoms with van der Waals surface area (Å²) in [5, 5.41) is 3.49. The predicted octanol–water partition coefficient (Wildman–Crippen LogP) is 1.67. The Morgan fingerprint density at radius 1 is 1.47 bits per heavy atom. The van der Waals surface area contributed by atoms with E-state index < -0.39 is 0 Å². The molecule has 1 aromatic rings. The Balaban J connectivity index is 1.94. The molecule has 4 nitrogen and oxygen atoms in total. The molecule has 0 aromatic carbocycles. The second-order valence-corrected chi connectivity index (χ2v) is 4.28. The van der Waals surface area contributed by atoms with Crippen molar-refractivity contribution in [3.63, 3.8) is 0 Å². The number of hydrogen-bond acceptors (Lipinski definition) is 4. The number of ether oxygens (including phenoxy) is 1. The number of nitrogens with one attached hydrogen (secondary N) is 1. The maximum atomic E-state index is 5.34. The number of likely N-dealkylation sites (N-methyl/N-ethyl adjacent to an activating group) is 1. The topological polar surface area (TPSA) is 37.4 Å². The van der Waals surface area contributed by atoms with Crippen LogP contribution in [0, 0.1) is 0 Å². The van der Waals surface area contributed by atoms with Crippen LogP contribution in [-0.4, -0.2) is 37.3 Å². The molecule has 0 aliphatic carbocycles. The standard InChI is InChI=1S/C13H21N3O/c1-3-14-11-7-8-16(10-11)12-5-6-13(15-9-12)17-4-2/h5-6,9,11,14H,3-4,7-8,10H2,1-2H3. The highest BCUT2D eigenvalue weighted by atomic mass is 16.5. The van der Waals surface area contributed by atoms with Gasteiger partial charge in [-0.25, -0.2) is 4.98 Å². The van der Waals surface area contributed by atoms with Crippen molar-refractivity contribution in [2.45, 2.75) is 26.3 Å². The molecule has 0 amide bonds. The highest BCUT2D eigenvalue weighted by molar-refractivity contribution is 5.46. The minimum absolute atomic E-state index is 0.617. The van der Waals surface area contributed by atoms with E-state index in [0.29, 0.717) is 18.5 Å². The third-order valence-electron chi connectivity index (χ3n) is 3.06. The fourth-order valence-electron chi connectivity index (χ4n) is 2.24. The minimum Gasteiger partial charge on any atom is -0.478 e. The maximum absolute atomic E-state index is 5.34. The first kappa shape index (κ1) is 12.2. The number of aromatic nitrogens is 1. The lowest BCUT2D eigenvalue weighted by Crippen LogP contribution is -2.32. The van der Waals surface area contributed by atoms with Gasteiger partial charge in [0.15, 0.2) is 0 Å². The molecular formula is C13H21N3O. The summed E-state index contributed by atoms with van der Waals surface area (Å²) in [5.74, 6) is 0.707. The first-order valence-electron chi connectivity index (χ1n) is 6.40. The molecule has 1 atom stereocenters. The fourth-order valence-corrected chi connectivity index (χ4v) is 2.24. The molecule has 94 valence electrons. The maximum Gasteiger partial charge on any atom is 0.213 e. The van der Waals surface area contributed by atoms with Crippen molar-refractivity contribution < 1.29 is 4.74 Å². The Labute approximate surface area is 103 Å². The molecule has 1 fully saturated rings. The molecule has 1 saturated heterocycles. The molecule has 0 bridgehead atoms. The zero-order valence-electron chi connectivity index (χ0n) is 10.6. The molecule has 4 heteroatoms. The lowest BCUT2D eigenvalue weighted by Gasteiger charge is -2.18. The Morgan fingerprint density at radius 3 is 3.00 bits per heavy atom. The van der Waals surface area contributed by atoms with Crippen LogP contribution in [0.25, 0.3) is 0 Å². The van der Waals surface area contributed by atoms with Crippen molar-refractivity contribution in [1.29, 1.82) is 0 Å². The Kier molecular flexibility index (Phi) is 4.20. The van der Waals surface area contributed by atoms with Gasteiger partial charge in [0.1, 0.15) is 0 Å². The van der Waals surface area contributed by atoms with Crippen LogP contribution < -0.4 is 15.0 Å². The Morgan fingerprint density at radius 2 is 2.35 bits per heavy atom. The lowest BCUT2D eigenvalue weighted by atomic mass is 10.3. The number of anilines is 1. The Hall–Kier alpha value is -1.29. The number of pyridine rings is 1. The van der Waals surface area contributed by atoms with Gasteiger partial charge in [0.2, 0.25) is 5.88 Å². The van der Waals surface area contributed by atoms with Crippen LogP contribution in [0.1, 0.15) is 20.3 Å². The van der Waals surface area contributed by atoms with Crippen LogP contribution >= 0.6 is 0 Å². The van der Waals surface area contributed by atoms with Gasteiger partial charge >= 0.3 is 0 Å². The second-order valence-electron chi connectivity index (χ2n) is 4.28. The molecule has 2 heterocycles. The minimum atomic E-state index is 0.617. The first-order valence-corrected chi connectivity index (χ1v) is 6.40. The van der Waals surface area contributed by atoms with E-state index in [-0.39, 0.29) is 0 Å². The van der Waals surface area contributed by atoms with Gasteiger partial charge in [-0.1, -0.05) is 6.92 Å². The molecule has 2 rings (SSSR count). The molecule has 1 N–H and O–H groups in total. The lowest BCUT2D eigenvalue weighted by molar-refractivity contribution is 0.327. The predicted molar refractivity (Wildman–Crippen MR) is 69.7 cm³/mol. The van der Waals surface area contributed by atoms with Gasteiger partial charge in [-0.3, -0.25) is 0 Å². The van der Waals surface area contributed by atoms with Gasteiger partial charge < -0.3 is 15.0 Å². The van der Waals surface area contributed by atoms with Crippen LogP contribution in [0.4, 0.5) is 5.69 Å². The summed E-state index contributed by atoms with van der Waals surface area (Å²) in [4.78, 5) is 6.67. The van der Waals surface area contributed by atoms with Crippen molar-refractivity contribution in [2.24, 2.45) is 0 Å². The van der Waals surface area contributed by atoms with E-state index in [2.05, 4.69) is 28.2 Å². The molecule has 1 aliphatic rings. The second kappa shape index (κ2) is 5.87. The average Bonchev–Trinajstić information content (AvgIpc) is 2.80. The number of rotatable bonds is 5. The van der Waals surface area contributed by atoms with Crippen LogP contribution in [0.2, 0.25) is 0 Å². The third kappa shape index (κ3) is 3.09. The highest BCUT2D eigenvalue weighted by Crippen LogP contribution is 2.21. The van der Waals surface area contributed by atoms with E-state index in [0.717, 1.165) is 19.6 Å². The molecular weight excluding hydrogens is 214 g/mol. The summed E-state index contributed by atoms with van der Waals surface area (Å²) < 4.78 is 5.34. The third-order valence-corrected chi connectivity index (χ3v) is 3.06. The molecule has 1 unspecified atom stereocenters. The van der Waals surface area contributed by atoms with E-state index >= 15 is 0 Å². The molecule has 1 aromatic heterocycles. The van der Waals surface area contributed by atoms with E-state index in [1.165, 1.54) is 12.1 Å². The summed E-state index contributed by atoms with van der Waals surface area (Å²) in [6.45, 7) is 8.01. The van der Waals surface area contributed by atoms with Crippen LogP contribution in [0.5, 0.6) is 5.88 Å². The van der Waals surface area contributed by atoms with E-state index in [4.69, 9.17) is 4.74 Å². The average molecular weight is 235 g/mol. The van der Waals surface area contributed by atoms with E-state index in [1.54, 1.807) is 0 Å². The van der Waals surface area contributed by atoms with Gasteiger partial charge in [0.25, 0.3) is 0 Å². The number of hydrogen-bond donors (Lipinski definition) is 1. The van der Waals surface area contributed by atoms with Crippen LogP contribution in [0.15, 0.2) is 18.3 Å².